The summed E-state index contributed by atoms with van der Waals surface area (Å²) >= 11 is 0. The third-order valence-corrected chi connectivity index (χ3v) is 3.75. The normalized spacial score (nSPS) is 11.1. The van der Waals surface area contributed by atoms with Crippen LogP contribution in [0.5, 0.6) is 0 Å². The van der Waals surface area contributed by atoms with Gasteiger partial charge >= 0.3 is 0 Å². The second-order valence-corrected chi connectivity index (χ2v) is 5.27. The van der Waals surface area contributed by atoms with Crippen LogP contribution in [0.25, 0.3) is 22.3 Å². The standard InChI is InChI=1S/C18H16O5/c19-8-11-1-3-13(4-2-11)16-7-15(22)18-14(10-21)5-12(9-20)6-17(18)23-16/h1-7,19-21H,8-10H2. The van der Waals surface area contributed by atoms with Gasteiger partial charge in [-0.3, -0.25) is 4.79 Å². The van der Waals surface area contributed by atoms with E-state index in [1.807, 2.05) is 0 Å². The van der Waals surface area contributed by atoms with Gasteiger partial charge < -0.3 is 19.7 Å². The van der Waals surface area contributed by atoms with Crippen LogP contribution >= 0.6 is 0 Å². The van der Waals surface area contributed by atoms with Crippen LogP contribution in [-0.4, -0.2) is 15.3 Å². The van der Waals surface area contributed by atoms with Gasteiger partial charge in [-0.15, -0.1) is 0 Å². The molecule has 0 saturated carbocycles. The van der Waals surface area contributed by atoms with Crippen LogP contribution in [0.15, 0.2) is 51.7 Å². The van der Waals surface area contributed by atoms with Gasteiger partial charge in [0.2, 0.25) is 0 Å². The smallest absolute Gasteiger partial charge is 0.193 e. The van der Waals surface area contributed by atoms with Gasteiger partial charge in [0.05, 0.1) is 25.2 Å². The van der Waals surface area contributed by atoms with Crippen molar-refractivity contribution >= 4 is 11.0 Å². The van der Waals surface area contributed by atoms with E-state index in [9.17, 15) is 15.0 Å². The van der Waals surface area contributed by atoms with Crippen molar-refractivity contribution in [1.82, 2.24) is 0 Å². The molecule has 0 radical (unpaired) electrons. The number of rotatable bonds is 4. The summed E-state index contributed by atoms with van der Waals surface area (Å²) in [5, 5.41) is 28.1. The first-order valence-electron chi connectivity index (χ1n) is 7.18. The summed E-state index contributed by atoms with van der Waals surface area (Å²) in [5.41, 5.74) is 2.55. The number of fused-ring (bicyclic) bond motifs is 1. The Hall–Kier alpha value is -2.47. The van der Waals surface area contributed by atoms with Crippen LogP contribution < -0.4 is 5.43 Å². The summed E-state index contributed by atoms with van der Waals surface area (Å²) < 4.78 is 5.80. The second kappa shape index (κ2) is 6.34. The summed E-state index contributed by atoms with van der Waals surface area (Å²) in [6, 6.07) is 11.6. The molecule has 3 N–H and O–H groups in total. The van der Waals surface area contributed by atoms with Crippen molar-refractivity contribution in [1.29, 1.82) is 0 Å². The molecule has 2 aromatic carbocycles. The summed E-state index contributed by atoms with van der Waals surface area (Å²) in [5.74, 6) is 0.394. The van der Waals surface area contributed by atoms with Crippen LogP contribution in [0.1, 0.15) is 16.7 Å². The Morgan fingerprint density at radius 2 is 1.52 bits per heavy atom. The van der Waals surface area contributed by atoms with Gasteiger partial charge in [0.25, 0.3) is 0 Å². The SMILES string of the molecule is O=c1cc(-c2ccc(CO)cc2)oc2cc(CO)cc(CO)c12. The van der Waals surface area contributed by atoms with Crippen molar-refractivity contribution in [3.8, 4) is 11.3 Å². The van der Waals surface area contributed by atoms with Crippen molar-refractivity contribution in [2.24, 2.45) is 0 Å². The van der Waals surface area contributed by atoms with Crippen LogP contribution in [0.3, 0.4) is 0 Å². The molecule has 0 atom stereocenters. The minimum atomic E-state index is -0.306. The fourth-order valence-electron chi connectivity index (χ4n) is 2.57. The monoisotopic (exact) mass is 312 g/mol. The maximum atomic E-state index is 12.4. The molecule has 1 aromatic heterocycles. The third kappa shape index (κ3) is 2.90. The number of aliphatic hydroxyl groups excluding tert-OH is 3. The van der Waals surface area contributed by atoms with Crippen molar-refractivity contribution < 1.29 is 19.7 Å². The van der Waals surface area contributed by atoms with Crippen LogP contribution in [0.2, 0.25) is 0 Å². The van der Waals surface area contributed by atoms with Crippen molar-refractivity contribution in [3.05, 3.63) is 69.4 Å². The second-order valence-electron chi connectivity index (χ2n) is 5.27. The van der Waals surface area contributed by atoms with E-state index in [1.165, 1.54) is 6.07 Å². The van der Waals surface area contributed by atoms with Gasteiger partial charge in [-0.1, -0.05) is 30.3 Å². The van der Waals surface area contributed by atoms with Crippen molar-refractivity contribution in [2.75, 3.05) is 0 Å². The molecule has 0 aliphatic heterocycles. The molecular weight excluding hydrogens is 296 g/mol. The molecule has 0 aliphatic rings. The molecule has 3 rings (SSSR count). The number of hydrogen-bond acceptors (Lipinski definition) is 5. The van der Waals surface area contributed by atoms with E-state index < -0.39 is 0 Å². The summed E-state index contributed by atoms with van der Waals surface area (Å²) in [6.45, 7) is -0.566. The van der Waals surface area contributed by atoms with Gasteiger partial charge in [0.15, 0.2) is 5.43 Å². The largest absolute Gasteiger partial charge is 0.456 e. The highest BCUT2D eigenvalue weighted by Gasteiger charge is 2.12. The average molecular weight is 312 g/mol. The molecular formula is C18H16O5. The lowest BCUT2D eigenvalue weighted by Gasteiger charge is -2.08. The summed E-state index contributed by atoms with van der Waals surface area (Å²) in [4.78, 5) is 12.4. The predicted octanol–water partition coefficient (Wildman–Crippen LogP) is 1.94. The Labute approximate surface area is 132 Å². The Balaban J connectivity index is 2.21. The Morgan fingerprint density at radius 3 is 2.13 bits per heavy atom. The number of hydrogen-bond donors (Lipinski definition) is 3. The Kier molecular flexibility index (Phi) is 4.25. The molecule has 23 heavy (non-hydrogen) atoms. The van der Waals surface area contributed by atoms with Crippen molar-refractivity contribution in [3.63, 3.8) is 0 Å². The van der Waals surface area contributed by atoms with Gasteiger partial charge in [-0.25, -0.2) is 0 Å². The fourth-order valence-corrected chi connectivity index (χ4v) is 2.57. The molecule has 0 aliphatic carbocycles. The van der Waals surface area contributed by atoms with E-state index >= 15 is 0 Å². The summed E-state index contributed by atoms with van der Waals surface area (Å²) in [6.07, 6.45) is 0. The van der Waals surface area contributed by atoms with Gasteiger partial charge in [-0.2, -0.15) is 0 Å². The molecule has 0 bridgehead atoms. The van der Waals surface area contributed by atoms with Gasteiger partial charge in [0, 0.05) is 11.6 Å². The van der Waals surface area contributed by atoms with Gasteiger partial charge in [0.1, 0.15) is 11.3 Å². The highest BCUT2D eigenvalue weighted by Crippen LogP contribution is 2.25. The molecule has 3 aromatic rings. The van der Waals surface area contributed by atoms with E-state index in [2.05, 4.69) is 0 Å². The lowest BCUT2D eigenvalue weighted by atomic mass is 10.0. The van der Waals surface area contributed by atoms with E-state index in [0.29, 0.717) is 33.4 Å². The molecule has 0 spiro atoms. The van der Waals surface area contributed by atoms with E-state index in [0.717, 1.165) is 5.56 Å². The Bertz CT molecular complexity index is 894. The lowest BCUT2D eigenvalue weighted by molar-refractivity contribution is 0.276. The zero-order chi connectivity index (χ0) is 16.4. The molecule has 1 heterocycles. The third-order valence-electron chi connectivity index (χ3n) is 3.75. The fraction of sp³-hybridized carbons (Fsp3) is 0.167. The van der Waals surface area contributed by atoms with Crippen LogP contribution in [0.4, 0.5) is 0 Å². The van der Waals surface area contributed by atoms with Crippen LogP contribution in [-0.2, 0) is 19.8 Å². The first-order chi connectivity index (χ1) is 11.2. The highest BCUT2D eigenvalue weighted by atomic mass is 16.3. The molecule has 5 heteroatoms. The van der Waals surface area contributed by atoms with Gasteiger partial charge in [-0.05, 0) is 22.8 Å². The summed E-state index contributed by atoms with van der Waals surface area (Å²) in [7, 11) is 0. The zero-order valence-corrected chi connectivity index (χ0v) is 12.3. The first kappa shape index (κ1) is 15.4. The number of aliphatic hydroxyl groups is 3. The molecule has 5 nitrogen and oxygen atoms in total. The molecule has 0 fully saturated rings. The number of benzene rings is 2. The Morgan fingerprint density at radius 1 is 0.826 bits per heavy atom. The maximum absolute atomic E-state index is 12.4. The molecule has 0 saturated heterocycles. The van der Waals surface area contributed by atoms with Crippen molar-refractivity contribution in [2.45, 2.75) is 19.8 Å². The highest BCUT2D eigenvalue weighted by molar-refractivity contribution is 5.82. The zero-order valence-electron chi connectivity index (χ0n) is 12.3. The topological polar surface area (TPSA) is 90.9 Å². The minimum Gasteiger partial charge on any atom is -0.456 e. The van der Waals surface area contributed by atoms with E-state index in [4.69, 9.17) is 9.52 Å². The van der Waals surface area contributed by atoms with Crippen LogP contribution in [0, 0.1) is 0 Å². The molecule has 118 valence electrons. The minimum absolute atomic E-state index is 0.0539. The molecule has 0 amide bonds. The quantitative estimate of drug-likeness (QED) is 0.685. The first-order valence-corrected chi connectivity index (χ1v) is 7.18. The molecule has 0 unspecified atom stereocenters. The average Bonchev–Trinajstić information content (AvgIpc) is 2.60. The van der Waals surface area contributed by atoms with E-state index in [1.54, 1.807) is 36.4 Å². The van der Waals surface area contributed by atoms with E-state index in [-0.39, 0.29) is 25.2 Å². The predicted molar refractivity (Wildman–Crippen MR) is 85.7 cm³/mol. The maximum Gasteiger partial charge on any atom is 0.193 e. The lowest BCUT2D eigenvalue weighted by Crippen LogP contribution is -2.05.